The van der Waals surface area contributed by atoms with Crippen molar-refractivity contribution >= 4 is 5.91 Å². The van der Waals surface area contributed by atoms with Crippen LogP contribution in [0, 0.1) is 0 Å². The van der Waals surface area contributed by atoms with Crippen LogP contribution in [0.5, 0.6) is 11.5 Å². The summed E-state index contributed by atoms with van der Waals surface area (Å²) in [4.78, 5) is 12.6. The molecule has 2 aromatic rings. The standard InChI is InChI=1S/C23H29NO3/c1-3-22(27-21-13-12-18-9-5-6-10-19(18)15-21)23(25)24-16-17-8-7-11-20(14-17)26-4-2/h7-8,11-15,22H,3-6,9-10,16H2,1-2H3,(H,24,25). The lowest BCUT2D eigenvalue weighted by Gasteiger charge is -2.20. The first kappa shape index (κ1) is 19.3. The maximum Gasteiger partial charge on any atom is 0.261 e. The third kappa shape index (κ3) is 5.25. The van der Waals surface area contributed by atoms with Gasteiger partial charge in [-0.1, -0.05) is 25.1 Å². The van der Waals surface area contributed by atoms with Crippen LogP contribution in [0.2, 0.25) is 0 Å². The molecule has 1 N–H and O–H groups in total. The van der Waals surface area contributed by atoms with Crippen molar-refractivity contribution in [3.8, 4) is 11.5 Å². The number of amides is 1. The van der Waals surface area contributed by atoms with Crippen molar-refractivity contribution in [1.82, 2.24) is 5.32 Å². The molecule has 1 aliphatic carbocycles. The first-order valence-corrected chi connectivity index (χ1v) is 9.97. The van der Waals surface area contributed by atoms with E-state index in [0.29, 0.717) is 19.6 Å². The molecule has 0 saturated carbocycles. The lowest BCUT2D eigenvalue weighted by molar-refractivity contribution is -0.128. The van der Waals surface area contributed by atoms with Crippen molar-refractivity contribution in [1.29, 1.82) is 0 Å². The predicted octanol–water partition coefficient (Wildman–Crippen LogP) is 4.44. The zero-order chi connectivity index (χ0) is 19.1. The van der Waals surface area contributed by atoms with E-state index in [1.807, 2.05) is 44.2 Å². The highest BCUT2D eigenvalue weighted by molar-refractivity contribution is 5.81. The maximum atomic E-state index is 12.6. The number of hydrogen-bond donors (Lipinski definition) is 1. The highest BCUT2D eigenvalue weighted by Crippen LogP contribution is 2.26. The molecule has 0 aromatic heterocycles. The minimum atomic E-state index is -0.485. The summed E-state index contributed by atoms with van der Waals surface area (Å²) in [7, 11) is 0. The van der Waals surface area contributed by atoms with Gasteiger partial charge in [0.15, 0.2) is 6.10 Å². The van der Waals surface area contributed by atoms with Crippen LogP contribution >= 0.6 is 0 Å². The third-order valence-corrected chi connectivity index (χ3v) is 4.94. The first-order valence-electron chi connectivity index (χ1n) is 9.97. The number of hydrogen-bond acceptors (Lipinski definition) is 3. The van der Waals surface area contributed by atoms with Gasteiger partial charge in [0.1, 0.15) is 11.5 Å². The summed E-state index contributed by atoms with van der Waals surface area (Å²) in [6.45, 7) is 5.02. The normalized spacial score (nSPS) is 14.1. The van der Waals surface area contributed by atoms with Crippen LogP contribution in [-0.4, -0.2) is 18.6 Å². The van der Waals surface area contributed by atoms with E-state index >= 15 is 0 Å². The topological polar surface area (TPSA) is 47.6 Å². The summed E-state index contributed by atoms with van der Waals surface area (Å²) >= 11 is 0. The molecule has 0 heterocycles. The van der Waals surface area contributed by atoms with E-state index in [9.17, 15) is 4.79 Å². The van der Waals surface area contributed by atoms with Crippen molar-refractivity contribution in [3.63, 3.8) is 0 Å². The van der Waals surface area contributed by atoms with E-state index in [4.69, 9.17) is 9.47 Å². The van der Waals surface area contributed by atoms with Gasteiger partial charge in [0, 0.05) is 6.54 Å². The smallest absolute Gasteiger partial charge is 0.261 e. The quantitative estimate of drug-likeness (QED) is 0.750. The molecule has 1 atom stereocenters. The summed E-state index contributed by atoms with van der Waals surface area (Å²) in [6.07, 6.45) is 4.88. The zero-order valence-electron chi connectivity index (χ0n) is 16.3. The number of benzene rings is 2. The van der Waals surface area contributed by atoms with Crippen LogP contribution in [0.3, 0.4) is 0 Å². The minimum Gasteiger partial charge on any atom is -0.494 e. The predicted molar refractivity (Wildman–Crippen MR) is 107 cm³/mol. The molecule has 1 amide bonds. The molecule has 0 spiro atoms. The van der Waals surface area contributed by atoms with Gasteiger partial charge in [0.05, 0.1) is 6.61 Å². The molecule has 0 aliphatic heterocycles. The Morgan fingerprint density at radius 3 is 2.63 bits per heavy atom. The monoisotopic (exact) mass is 367 g/mol. The Labute approximate surface area is 161 Å². The summed E-state index contributed by atoms with van der Waals surface area (Å²) in [5.74, 6) is 1.52. The molecule has 0 saturated heterocycles. The van der Waals surface area contributed by atoms with Gasteiger partial charge in [-0.05, 0) is 80.0 Å². The lowest BCUT2D eigenvalue weighted by atomic mass is 9.92. The van der Waals surface area contributed by atoms with E-state index in [2.05, 4.69) is 17.4 Å². The van der Waals surface area contributed by atoms with Crippen molar-refractivity contribution in [2.75, 3.05) is 6.61 Å². The highest BCUT2D eigenvalue weighted by atomic mass is 16.5. The second kappa shape index (κ2) is 9.45. The molecule has 0 bridgehead atoms. The van der Waals surface area contributed by atoms with E-state index in [-0.39, 0.29) is 5.91 Å². The molecule has 4 nitrogen and oxygen atoms in total. The van der Waals surface area contributed by atoms with E-state index in [0.717, 1.165) is 29.9 Å². The molecule has 1 unspecified atom stereocenters. The molecule has 2 aromatic carbocycles. The fourth-order valence-electron chi connectivity index (χ4n) is 3.48. The lowest BCUT2D eigenvalue weighted by Crippen LogP contribution is -2.37. The minimum absolute atomic E-state index is 0.0861. The van der Waals surface area contributed by atoms with Crippen LogP contribution in [0.15, 0.2) is 42.5 Å². The van der Waals surface area contributed by atoms with E-state index in [1.54, 1.807) is 0 Å². The summed E-state index contributed by atoms with van der Waals surface area (Å²) in [5, 5.41) is 2.98. The Morgan fingerprint density at radius 1 is 1.04 bits per heavy atom. The molecule has 0 fully saturated rings. The van der Waals surface area contributed by atoms with E-state index < -0.39 is 6.10 Å². The second-order valence-corrected chi connectivity index (χ2v) is 6.95. The SMILES string of the molecule is CCOc1cccc(CNC(=O)C(CC)Oc2ccc3c(c2)CCCC3)c1. The Hall–Kier alpha value is -2.49. The molecule has 0 radical (unpaired) electrons. The van der Waals surface area contributed by atoms with Gasteiger partial charge < -0.3 is 14.8 Å². The van der Waals surface area contributed by atoms with Gasteiger partial charge in [-0.3, -0.25) is 4.79 Å². The fourth-order valence-corrected chi connectivity index (χ4v) is 3.48. The van der Waals surface area contributed by atoms with Crippen LogP contribution in [-0.2, 0) is 24.2 Å². The molecular formula is C23H29NO3. The molecule has 1 aliphatic rings. The van der Waals surface area contributed by atoms with Crippen molar-refractivity contribution < 1.29 is 14.3 Å². The van der Waals surface area contributed by atoms with Gasteiger partial charge in [-0.2, -0.15) is 0 Å². The number of rotatable bonds is 8. The molecular weight excluding hydrogens is 338 g/mol. The molecule has 27 heavy (non-hydrogen) atoms. The molecule has 3 rings (SSSR count). The summed E-state index contributed by atoms with van der Waals surface area (Å²) < 4.78 is 11.5. The Bertz CT molecular complexity index is 772. The van der Waals surface area contributed by atoms with Crippen molar-refractivity contribution in [3.05, 3.63) is 59.2 Å². The number of aryl methyl sites for hydroxylation is 2. The van der Waals surface area contributed by atoms with Gasteiger partial charge in [0.2, 0.25) is 0 Å². The summed E-state index contributed by atoms with van der Waals surface area (Å²) in [6, 6.07) is 14.0. The van der Waals surface area contributed by atoms with Crippen LogP contribution in [0.4, 0.5) is 0 Å². The van der Waals surface area contributed by atoms with Crippen LogP contribution in [0.1, 0.15) is 49.8 Å². The first-order chi connectivity index (χ1) is 13.2. The Kier molecular flexibility index (Phi) is 6.74. The van der Waals surface area contributed by atoms with Gasteiger partial charge in [-0.15, -0.1) is 0 Å². The number of carbonyl (C=O) groups excluding carboxylic acids is 1. The number of nitrogens with one attached hydrogen (secondary N) is 1. The fraction of sp³-hybridized carbons (Fsp3) is 0.435. The number of fused-ring (bicyclic) bond motifs is 1. The Balaban J connectivity index is 1.58. The largest absolute Gasteiger partial charge is 0.494 e. The molecule has 4 heteroatoms. The van der Waals surface area contributed by atoms with E-state index in [1.165, 1.54) is 24.0 Å². The highest BCUT2D eigenvalue weighted by Gasteiger charge is 2.19. The second-order valence-electron chi connectivity index (χ2n) is 6.95. The van der Waals surface area contributed by atoms with Gasteiger partial charge >= 0.3 is 0 Å². The van der Waals surface area contributed by atoms with Crippen LogP contribution < -0.4 is 14.8 Å². The average molecular weight is 367 g/mol. The summed E-state index contributed by atoms with van der Waals surface area (Å²) in [5.41, 5.74) is 3.79. The number of carbonyl (C=O) groups is 1. The Morgan fingerprint density at radius 2 is 1.85 bits per heavy atom. The van der Waals surface area contributed by atoms with Gasteiger partial charge in [0.25, 0.3) is 5.91 Å². The van der Waals surface area contributed by atoms with Gasteiger partial charge in [-0.25, -0.2) is 0 Å². The number of ether oxygens (including phenoxy) is 2. The van der Waals surface area contributed by atoms with Crippen molar-refractivity contribution in [2.45, 2.75) is 58.6 Å². The molecule has 144 valence electrons. The zero-order valence-corrected chi connectivity index (χ0v) is 16.3. The average Bonchev–Trinajstić information content (AvgIpc) is 2.70. The van der Waals surface area contributed by atoms with Crippen molar-refractivity contribution in [2.24, 2.45) is 0 Å². The maximum absolute atomic E-state index is 12.6. The van der Waals surface area contributed by atoms with Crippen LogP contribution in [0.25, 0.3) is 0 Å². The third-order valence-electron chi connectivity index (χ3n) is 4.94.